The Labute approximate surface area is 156 Å². The summed E-state index contributed by atoms with van der Waals surface area (Å²) in [7, 11) is 1.72. The van der Waals surface area contributed by atoms with Crippen LogP contribution in [0.2, 0.25) is 0 Å². The molecule has 0 aromatic carbocycles. The summed E-state index contributed by atoms with van der Waals surface area (Å²) < 4.78 is 0. The summed E-state index contributed by atoms with van der Waals surface area (Å²) >= 11 is 0. The third-order valence-electron chi connectivity index (χ3n) is 5.74. The summed E-state index contributed by atoms with van der Waals surface area (Å²) in [4.78, 5) is 39.2. The van der Waals surface area contributed by atoms with Gasteiger partial charge in [-0.3, -0.25) is 14.4 Å². The first-order valence-corrected chi connectivity index (χ1v) is 9.61. The van der Waals surface area contributed by atoms with Gasteiger partial charge in [0.05, 0.1) is 12.1 Å². The number of amides is 3. The monoisotopic (exact) mass is 366 g/mol. The third kappa shape index (κ3) is 4.37. The van der Waals surface area contributed by atoms with Crippen molar-refractivity contribution in [2.45, 2.75) is 78.0 Å². The van der Waals surface area contributed by atoms with Crippen molar-refractivity contribution in [3.63, 3.8) is 0 Å². The smallest absolute Gasteiger partial charge is 0.246 e. The molecule has 1 saturated heterocycles. The topological polar surface area (TPSA) is 90.5 Å². The highest BCUT2D eigenvalue weighted by molar-refractivity contribution is 5.90. The molecule has 0 unspecified atom stereocenters. The number of carbonyl (C=O) groups excluding carboxylic acids is 3. The van der Waals surface area contributed by atoms with Crippen LogP contribution >= 0.6 is 0 Å². The Balaban J connectivity index is 2.19. The van der Waals surface area contributed by atoms with Crippen LogP contribution in [0.3, 0.4) is 0 Å². The highest BCUT2D eigenvalue weighted by Crippen LogP contribution is 2.39. The molecule has 7 nitrogen and oxygen atoms in total. The summed E-state index contributed by atoms with van der Waals surface area (Å²) in [5, 5.41) is 8.86. The number of hydrogen-bond donors (Lipinski definition) is 3. The molecular weight excluding hydrogens is 332 g/mol. The number of carbonyl (C=O) groups is 3. The Hall–Kier alpha value is -1.63. The van der Waals surface area contributed by atoms with Gasteiger partial charge in [0, 0.05) is 19.5 Å². The minimum Gasteiger partial charge on any atom is -0.352 e. The lowest BCUT2D eigenvalue weighted by Gasteiger charge is -2.37. The molecule has 0 aromatic heterocycles. The maximum absolute atomic E-state index is 13.4. The molecule has 2 fully saturated rings. The van der Waals surface area contributed by atoms with Gasteiger partial charge in [-0.25, -0.2) is 0 Å². The van der Waals surface area contributed by atoms with Crippen LogP contribution in [0.25, 0.3) is 0 Å². The number of fused-ring (bicyclic) bond motifs is 1. The van der Waals surface area contributed by atoms with Crippen LogP contribution in [0.4, 0.5) is 0 Å². The van der Waals surface area contributed by atoms with Gasteiger partial charge in [0.1, 0.15) is 6.04 Å². The van der Waals surface area contributed by atoms with Crippen LogP contribution in [-0.4, -0.2) is 60.4 Å². The number of hydrogen-bond acceptors (Lipinski definition) is 4. The van der Waals surface area contributed by atoms with E-state index in [4.69, 9.17) is 0 Å². The minimum atomic E-state index is -0.594. The molecular formula is C19H34N4O3. The second kappa shape index (κ2) is 7.94. The number of likely N-dealkylation sites (tertiary alicyclic amines) is 1. The first kappa shape index (κ1) is 20.7. The molecule has 1 aliphatic heterocycles. The largest absolute Gasteiger partial charge is 0.352 e. The van der Waals surface area contributed by atoms with Gasteiger partial charge < -0.3 is 20.9 Å². The predicted octanol–water partition coefficient (Wildman–Crippen LogP) is 0.641. The zero-order valence-electron chi connectivity index (χ0n) is 16.9. The standard InChI is InChI=1S/C19H34N4O3/c1-11(20-6)17(25)22-16(19(3,4)5)18(26)23-10-9-13-7-8-14(15(13)23)21-12(2)24/h11,13-16,20H,7-10H2,1-6H3,(H,21,24)(H,22,25)/t11-,13+,14-,15-,16+/m0/s1. The van der Waals surface area contributed by atoms with Crippen LogP contribution in [0.15, 0.2) is 0 Å². The van der Waals surface area contributed by atoms with E-state index in [2.05, 4.69) is 16.0 Å². The van der Waals surface area contributed by atoms with Crippen molar-refractivity contribution in [1.29, 1.82) is 0 Å². The van der Waals surface area contributed by atoms with Gasteiger partial charge in [-0.1, -0.05) is 20.8 Å². The number of likely N-dealkylation sites (N-methyl/N-ethyl adjacent to an activating group) is 1. The summed E-state index contributed by atoms with van der Waals surface area (Å²) in [6.45, 7) is 9.88. The summed E-state index contributed by atoms with van der Waals surface area (Å²) in [6.07, 6.45) is 2.90. The van der Waals surface area contributed by atoms with E-state index in [1.165, 1.54) is 6.92 Å². The molecule has 0 bridgehead atoms. The second-order valence-corrected chi connectivity index (χ2v) is 8.77. The third-order valence-corrected chi connectivity index (χ3v) is 5.74. The molecule has 0 radical (unpaired) electrons. The highest BCUT2D eigenvalue weighted by atomic mass is 16.2. The fraction of sp³-hybridized carbons (Fsp3) is 0.842. The van der Waals surface area contributed by atoms with Crippen molar-refractivity contribution < 1.29 is 14.4 Å². The van der Waals surface area contributed by atoms with Gasteiger partial charge >= 0.3 is 0 Å². The number of nitrogens with one attached hydrogen (secondary N) is 3. The lowest BCUT2D eigenvalue weighted by molar-refractivity contribution is -0.141. The molecule has 2 rings (SSSR count). The van der Waals surface area contributed by atoms with E-state index in [9.17, 15) is 14.4 Å². The zero-order valence-corrected chi connectivity index (χ0v) is 16.9. The Morgan fingerprint density at radius 3 is 2.31 bits per heavy atom. The molecule has 3 N–H and O–H groups in total. The summed E-state index contributed by atoms with van der Waals surface area (Å²) in [6, 6.07) is -0.910. The molecule has 0 spiro atoms. The van der Waals surface area contributed by atoms with E-state index in [1.807, 2.05) is 25.7 Å². The van der Waals surface area contributed by atoms with Crippen LogP contribution in [0.5, 0.6) is 0 Å². The molecule has 0 aromatic rings. The van der Waals surface area contributed by atoms with Gasteiger partial charge in [-0.15, -0.1) is 0 Å². The maximum Gasteiger partial charge on any atom is 0.246 e. The molecule has 26 heavy (non-hydrogen) atoms. The summed E-state index contributed by atoms with van der Waals surface area (Å²) in [5.74, 6) is 0.155. The van der Waals surface area contributed by atoms with Crippen molar-refractivity contribution >= 4 is 17.7 Å². The van der Waals surface area contributed by atoms with E-state index in [0.717, 1.165) is 19.3 Å². The van der Waals surface area contributed by atoms with E-state index in [0.29, 0.717) is 12.5 Å². The lowest BCUT2D eigenvalue weighted by Crippen LogP contribution is -2.60. The maximum atomic E-state index is 13.4. The van der Waals surface area contributed by atoms with E-state index < -0.39 is 11.5 Å². The first-order valence-electron chi connectivity index (χ1n) is 9.61. The average Bonchev–Trinajstić information content (AvgIpc) is 3.12. The van der Waals surface area contributed by atoms with Crippen molar-refractivity contribution in [2.75, 3.05) is 13.6 Å². The Kier molecular flexibility index (Phi) is 6.32. The fourth-order valence-corrected chi connectivity index (χ4v) is 4.19. The van der Waals surface area contributed by atoms with Crippen LogP contribution < -0.4 is 16.0 Å². The molecule has 3 amide bonds. The first-order chi connectivity index (χ1) is 12.1. The molecule has 148 valence electrons. The SMILES string of the molecule is CN[C@@H](C)C(=O)N[C@H](C(=O)N1CC[C@H]2CC[C@H](NC(C)=O)[C@H]21)C(C)(C)C. The van der Waals surface area contributed by atoms with Crippen molar-refractivity contribution in [1.82, 2.24) is 20.9 Å². The van der Waals surface area contributed by atoms with Gasteiger partial charge in [0.15, 0.2) is 0 Å². The highest BCUT2D eigenvalue weighted by Gasteiger charge is 2.49. The van der Waals surface area contributed by atoms with Crippen LogP contribution in [0.1, 0.15) is 53.9 Å². The second-order valence-electron chi connectivity index (χ2n) is 8.77. The molecule has 5 atom stereocenters. The van der Waals surface area contributed by atoms with Crippen molar-refractivity contribution in [2.24, 2.45) is 11.3 Å². The van der Waals surface area contributed by atoms with Gasteiger partial charge in [0.2, 0.25) is 17.7 Å². The number of rotatable bonds is 5. The Bertz CT molecular complexity index is 557. The Morgan fingerprint density at radius 1 is 1.12 bits per heavy atom. The van der Waals surface area contributed by atoms with Gasteiger partial charge in [-0.05, 0) is 44.6 Å². The normalized spacial score (nSPS) is 27.6. The minimum absolute atomic E-state index is 0.0106. The van der Waals surface area contributed by atoms with Crippen molar-refractivity contribution in [3.05, 3.63) is 0 Å². The molecule has 2 aliphatic rings. The van der Waals surface area contributed by atoms with Gasteiger partial charge in [-0.2, -0.15) is 0 Å². The molecule has 1 heterocycles. The predicted molar refractivity (Wildman–Crippen MR) is 100 cm³/mol. The molecule has 7 heteroatoms. The molecule has 1 saturated carbocycles. The van der Waals surface area contributed by atoms with E-state index >= 15 is 0 Å². The van der Waals surface area contributed by atoms with E-state index in [1.54, 1.807) is 14.0 Å². The van der Waals surface area contributed by atoms with Crippen LogP contribution in [0, 0.1) is 11.3 Å². The zero-order chi connectivity index (χ0) is 19.6. The average molecular weight is 367 g/mol. The quantitative estimate of drug-likeness (QED) is 0.666. The lowest BCUT2D eigenvalue weighted by atomic mass is 9.85. The number of nitrogens with zero attached hydrogens (tertiary/aromatic N) is 1. The fourth-order valence-electron chi connectivity index (χ4n) is 4.19. The van der Waals surface area contributed by atoms with Crippen molar-refractivity contribution in [3.8, 4) is 0 Å². The van der Waals surface area contributed by atoms with Gasteiger partial charge in [0.25, 0.3) is 0 Å². The molecule has 1 aliphatic carbocycles. The summed E-state index contributed by atoms with van der Waals surface area (Å²) in [5.41, 5.74) is -0.402. The van der Waals surface area contributed by atoms with E-state index in [-0.39, 0.29) is 35.8 Å². The van der Waals surface area contributed by atoms with Crippen LogP contribution in [-0.2, 0) is 14.4 Å². The Morgan fingerprint density at radius 2 is 1.77 bits per heavy atom.